The highest BCUT2D eigenvalue weighted by Gasteiger charge is 2.36. The van der Waals surface area contributed by atoms with E-state index in [1.54, 1.807) is 7.11 Å². The standard InChI is InChI=1S/C11H17OS.C10H14OS.CHF3O3S.ClH/c1-8-6-10(13(4)5)7-9(2)11(8)12-3;1-7-5-9(12(3)4)6-8(2)10(7)11;2-1(3,4)8(5,6)7;/h6-7H,1-5H3;5-6H,1-4H3;(H,5,6,7);1H/q+1;;;/p-1. The van der Waals surface area contributed by atoms with Gasteiger partial charge in [-0.25, -0.2) is 8.42 Å². The number of hydrogen-bond donors (Lipinski definition) is 1. The van der Waals surface area contributed by atoms with Crippen LogP contribution in [0.4, 0.5) is 13.2 Å². The molecule has 0 atom stereocenters. The molecule has 0 heterocycles. The number of benzene rings is 2. The van der Waals surface area contributed by atoms with Crippen molar-refractivity contribution in [3.8, 4) is 11.5 Å². The summed E-state index contributed by atoms with van der Waals surface area (Å²) in [7, 11) is -3.75. The van der Waals surface area contributed by atoms with E-state index >= 15 is 0 Å². The number of halogens is 4. The summed E-state index contributed by atoms with van der Waals surface area (Å²) in [4.78, 5) is 2.73. The first-order valence-electron chi connectivity index (χ1n) is 9.46. The normalized spacial score (nSPS) is 11.1. The van der Waals surface area contributed by atoms with Crippen molar-refractivity contribution in [1.82, 2.24) is 0 Å². The molecular formula is C22H32ClF3O5S3. The SMILES string of the molecule is COc1c(C)cc([S+](C)C)cc1C.Cc1cc([S+](C)C)cc(C)c1O.O=S(=O)([O-])C(F)(F)F.[Cl-]. The van der Waals surface area contributed by atoms with Crippen molar-refractivity contribution in [1.29, 1.82) is 0 Å². The smallest absolute Gasteiger partial charge is 0.485 e. The molecule has 34 heavy (non-hydrogen) atoms. The average Bonchev–Trinajstić information content (AvgIpc) is 2.64. The molecule has 0 radical (unpaired) electrons. The third-order valence-electron chi connectivity index (χ3n) is 4.33. The van der Waals surface area contributed by atoms with Crippen molar-refractivity contribution < 1.29 is 48.4 Å². The maximum Gasteiger partial charge on any atom is 0.485 e. The fourth-order valence-corrected chi connectivity index (χ4v) is 4.27. The quantitative estimate of drug-likeness (QED) is 0.349. The third kappa shape index (κ3) is 11.0. The van der Waals surface area contributed by atoms with Gasteiger partial charge in [0.15, 0.2) is 19.9 Å². The van der Waals surface area contributed by atoms with Crippen LogP contribution < -0.4 is 17.1 Å². The highest BCUT2D eigenvalue weighted by atomic mass is 35.5. The van der Waals surface area contributed by atoms with Crippen LogP contribution in [0.25, 0.3) is 0 Å². The van der Waals surface area contributed by atoms with Crippen molar-refractivity contribution >= 4 is 31.9 Å². The topological polar surface area (TPSA) is 86.7 Å². The maximum absolute atomic E-state index is 10.7. The molecule has 2 aromatic rings. The number of phenols is 1. The first kappa shape index (κ1) is 34.9. The van der Waals surface area contributed by atoms with E-state index in [0.29, 0.717) is 16.6 Å². The molecule has 0 saturated carbocycles. The number of aromatic hydroxyl groups is 1. The zero-order valence-corrected chi connectivity index (χ0v) is 23.8. The average molecular weight is 565 g/mol. The van der Waals surface area contributed by atoms with Gasteiger partial charge in [-0.1, -0.05) is 0 Å². The van der Waals surface area contributed by atoms with E-state index in [2.05, 4.69) is 63.1 Å². The van der Waals surface area contributed by atoms with Gasteiger partial charge in [0.05, 0.1) is 7.11 Å². The highest BCUT2D eigenvalue weighted by molar-refractivity contribution is 7.95. The molecule has 5 nitrogen and oxygen atoms in total. The van der Waals surface area contributed by atoms with Crippen LogP contribution in [0.15, 0.2) is 34.1 Å². The summed E-state index contributed by atoms with van der Waals surface area (Å²) >= 11 is 0. The minimum Gasteiger partial charge on any atom is -1.00 e. The second-order valence-electron chi connectivity index (χ2n) is 7.53. The van der Waals surface area contributed by atoms with Gasteiger partial charge < -0.3 is 26.8 Å². The molecule has 1 N–H and O–H groups in total. The Morgan fingerprint density at radius 3 is 1.29 bits per heavy atom. The minimum absolute atomic E-state index is 0. The summed E-state index contributed by atoms with van der Waals surface area (Å²) in [6.45, 7) is 8.09. The number of methoxy groups -OCH3 is 1. The summed E-state index contributed by atoms with van der Waals surface area (Å²) in [5.41, 5.74) is -1.22. The Morgan fingerprint density at radius 1 is 0.824 bits per heavy atom. The molecule has 0 amide bonds. The summed E-state index contributed by atoms with van der Waals surface area (Å²) in [5, 5.41) is 9.52. The van der Waals surface area contributed by atoms with Gasteiger partial charge in [0.1, 0.15) is 36.5 Å². The number of ether oxygens (including phenoxy) is 1. The van der Waals surface area contributed by atoms with E-state index in [0.717, 1.165) is 16.9 Å². The van der Waals surface area contributed by atoms with Gasteiger partial charge in [-0.3, -0.25) is 0 Å². The molecule has 0 fully saturated rings. The lowest BCUT2D eigenvalue weighted by atomic mass is 10.1. The number of aryl methyl sites for hydroxylation is 4. The van der Waals surface area contributed by atoms with Crippen LogP contribution in [0, 0.1) is 27.7 Å². The van der Waals surface area contributed by atoms with Crippen LogP contribution >= 0.6 is 0 Å². The summed E-state index contributed by atoms with van der Waals surface area (Å²) in [6.07, 6.45) is 8.85. The number of phenolic OH excluding ortho intramolecular Hbond substituents is 1. The van der Waals surface area contributed by atoms with Gasteiger partial charge in [-0.15, -0.1) is 0 Å². The summed E-state index contributed by atoms with van der Waals surface area (Å²) < 4.78 is 64.2. The van der Waals surface area contributed by atoms with E-state index in [1.165, 1.54) is 20.9 Å². The van der Waals surface area contributed by atoms with Gasteiger partial charge in [-0.05, 0) is 74.2 Å². The largest absolute Gasteiger partial charge is 1.00 e. The van der Waals surface area contributed by atoms with E-state index in [1.807, 2.05) is 13.8 Å². The third-order valence-corrected chi connectivity index (χ3v) is 7.25. The Bertz CT molecular complexity index is 995. The second-order valence-corrected chi connectivity index (χ2v) is 13.1. The highest BCUT2D eigenvalue weighted by Crippen LogP contribution is 2.27. The van der Waals surface area contributed by atoms with Crippen molar-refractivity contribution in [2.75, 3.05) is 32.1 Å². The fraction of sp³-hybridized carbons (Fsp3) is 0.455. The van der Waals surface area contributed by atoms with Crippen LogP contribution in [0.5, 0.6) is 11.5 Å². The van der Waals surface area contributed by atoms with Crippen molar-refractivity contribution in [3.05, 3.63) is 46.5 Å². The van der Waals surface area contributed by atoms with Crippen molar-refractivity contribution in [2.45, 2.75) is 43.0 Å². The van der Waals surface area contributed by atoms with E-state index in [9.17, 15) is 18.3 Å². The molecule has 0 aliphatic heterocycles. The molecule has 196 valence electrons. The number of hydrogen-bond acceptors (Lipinski definition) is 5. The van der Waals surface area contributed by atoms with Crippen LogP contribution in [-0.4, -0.2) is 55.7 Å². The molecule has 0 spiro atoms. The van der Waals surface area contributed by atoms with E-state index in [4.69, 9.17) is 17.7 Å². The van der Waals surface area contributed by atoms with Crippen LogP contribution in [0.2, 0.25) is 0 Å². The molecule has 2 rings (SSSR count). The van der Waals surface area contributed by atoms with Crippen LogP contribution in [-0.2, 0) is 31.9 Å². The monoisotopic (exact) mass is 564 g/mol. The lowest BCUT2D eigenvalue weighted by Crippen LogP contribution is -3.00. The predicted octanol–water partition coefficient (Wildman–Crippen LogP) is 1.85. The second kappa shape index (κ2) is 14.3. The molecule has 0 aliphatic carbocycles. The summed E-state index contributed by atoms with van der Waals surface area (Å²) in [6, 6.07) is 8.56. The van der Waals surface area contributed by atoms with Crippen molar-refractivity contribution in [3.63, 3.8) is 0 Å². The predicted molar refractivity (Wildman–Crippen MR) is 131 cm³/mol. The molecule has 0 aromatic heterocycles. The lowest BCUT2D eigenvalue weighted by Gasteiger charge is -2.08. The van der Waals surface area contributed by atoms with Gasteiger partial charge >= 0.3 is 5.51 Å². The van der Waals surface area contributed by atoms with E-state index < -0.39 is 15.6 Å². The number of rotatable bonds is 3. The van der Waals surface area contributed by atoms with Crippen molar-refractivity contribution in [2.24, 2.45) is 0 Å². The number of alkyl halides is 3. The van der Waals surface area contributed by atoms with Crippen LogP contribution in [0.3, 0.4) is 0 Å². The van der Waals surface area contributed by atoms with Gasteiger partial charge in [0, 0.05) is 21.8 Å². The fourth-order valence-electron chi connectivity index (χ4n) is 2.62. The Morgan fingerprint density at radius 2 is 1.09 bits per heavy atom. The van der Waals surface area contributed by atoms with Gasteiger partial charge in [0.25, 0.3) is 0 Å². The maximum atomic E-state index is 10.7. The molecule has 12 heteroatoms. The molecule has 0 aliphatic rings. The van der Waals surface area contributed by atoms with E-state index in [-0.39, 0.29) is 23.3 Å². The first-order chi connectivity index (χ1) is 14.8. The molecule has 2 aromatic carbocycles. The molecular weight excluding hydrogens is 533 g/mol. The molecule has 0 unspecified atom stereocenters. The molecule has 0 bridgehead atoms. The molecule has 0 saturated heterocycles. The first-order valence-corrected chi connectivity index (χ1v) is 14.9. The minimum atomic E-state index is -6.09. The Labute approximate surface area is 213 Å². The lowest BCUT2D eigenvalue weighted by molar-refractivity contribution is -0.0518. The zero-order valence-electron chi connectivity index (χ0n) is 20.6. The Kier molecular flexibility index (Phi) is 14.7. The zero-order chi connectivity index (χ0) is 26.3. The van der Waals surface area contributed by atoms with Gasteiger partial charge in [-0.2, -0.15) is 13.2 Å². The van der Waals surface area contributed by atoms with Gasteiger partial charge in [0.2, 0.25) is 0 Å². The van der Waals surface area contributed by atoms with Crippen LogP contribution in [0.1, 0.15) is 22.3 Å². The Balaban J connectivity index is 0. The Hall–Kier alpha value is -1.27. The summed E-state index contributed by atoms with van der Waals surface area (Å²) in [5.74, 6) is 1.46.